The number of hydrogen-bond donors (Lipinski definition) is 0. The highest BCUT2D eigenvalue weighted by Crippen LogP contribution is 2.50. The predicted octanol–water partition coefficient (Wildman–Crippen LogP) is 4.74. The van der Waals surface area contributed by atoms with E-state index in [9.17, 15) is 10.1 Å². The van der Waals surface area contributed by atoms with Crippen LogP contribution < -0.4 is 0 Å². The van der Waals surface area contributed by atoms with E-state index in [1.54, 1.807) is 11.8 Å². The second kappa shape index (κ2) is 6.71. The molecule has 0 radical (unpaired) electrons. The maximum absolute atomic E-state index is 12.5. The molecule has 4 rings (SSSR count). The molecule has 0 fully saturated rings. The van der Waals surface area contributed by atoms with Crippen molar-refractivity contribution in [2.75, 3.05) is 6.61 Å². The topological polar surface area (TPSA) is 63.0 Å². The van der Waals surface area contributed by atoms with Gasteiger partial charge in [-0.3, -0.25) is 9.78 Å². The van der Waals surface area contributed by atoms with E-state index in [-0.39, 0.29) is 5.97 Å². The summed E-state index contributed by atoms with van der Waals surface area (Å²) >= 11 is 1.55. The van der Waals surface area contributed by atoms with Gasteiger partial charge < -0.3 is 4.74 Å². The maximum Gasteiger partial charge on any atom is 0.322 e. The summed E-state index contributed by atoms with van der Waals surface area (Å²) in [6.45, 7) is 4.12. The lowest BCUT2D eigenvalue weighted by molar-refractivity contribution is -0.145. The number of benzene rings is 2. The van der Waals surface area contributed by atoms with Crippen molar-refractivity contribution >= 4 is 28.5 Å². The number of carbonyl (C=O) groups excluding carboxylic acids is 1. The molecule has 0 aliphatic carbocycles. The fourth-order valence-electron chi connectivity index (χ4n) is 3.58. The number of carbonyl (C=O) groups is 1. The van der Waals surface area contributed by atoms with Gasteiger partial charge >= 0.3 is 5.97 Å². The molecule has 1 aromatic heterocycles. The Hall–Kier alpha value is -2.84. The van der Waals surface area contributed by atoms with Crippen LogP contribution in [0.5, 0.6) is 0 Å². The first-order chi connectivity index (χ1) is 13.1. The summed E-state index contributed by atoms with van der Waals surface area (Å²) in [7, 11) is 0. The van der Waals surface area contributed by atoms with Crippen molar-refractivity contribution in [2.24, 2.45) is 0 Å². The third kappa shape index (κ3) is 2.87. The number of nitrogens with zero attached hydrogens (tertiary/aromatic N) is 2. The third-order valence-corrected chi connectivity index (χ3v) is 6.32. The molecule has 1 aliphatic rings. The molecule has 1 unspecified atom stereocenters. The van der Waals surface area contributed by atoms with Gasteiger partial charge in [0.2, 0.25) is 0 Å². The molecule has 2 heterocycles. The van der Waals surface area contributed by atoms with Crippen molar-refractivity contribution < 1.29 is 9.53 Å². The van der Waals surface area contributed by atoms with E-state index in [0.29, 0.717) is 18.6 Å². The molecule has 0 saturated carbocycles. The molecule has 0 spiro atoms. The second-order valence-electron chi connectivity index (χ2n) is 6.72. The van der Waals surface area contributed by atoms with Gasteiger partial charge in [-0.2, -0.15) is 5.26 Å². The third-order valence-electron chi connectivity index (χ3n) is 4.87. The van der Waals surface area contributed by atoms with Crippen molar-refractivity contribution in [1.29, 1.82) is 5.26 Å². The summed E-state index contributed by atoms with van der Waals surface area (Å²) in [5, 5.41) is 11.3. The highest BCUT2D eigenvalue weighted by Gasteiger charge is 2.43. The van der Waals surface area contributed by atoms with Crippen LogP contribution in [-0.2, 0) is 16.0 Å². The van der Waals surface area contributed by atoms with Crippen molar-refractivity contribution in [3.05, 3.63) is 59.9 Å². The number of ether oxygens (including phenoxy) is 1. The van der Waals surface area contributed by atoms with Gasteiger partial charge in [0.15, 0.2) is 0 Å². The normalized spacial score (nSPS) is 18.1. The lowest BCUT2D eigenvalue weighted by Gasteiger charge is -2.20. The lowest BCUT2D eigenvalue weighted by atomic mass is 9.94. The van der Waals surface area contributed by atoms with Gasteiger partial charge in [-0.05, 0) is 36.4 Å². The number of rotatable bonds is 3. The zero-order valence-corrected chi connectivity index (χ0v) is 16.0. The Morgan fingerprint density at radius 2 is 2.00 bits per heavy atom. The molecule has 0 bridgehead atoms. The van der Waals surface area contributed by atoms with Crippen LogP contribution in [0.3, 0.4) is 0 Å². The van der Waals surface area contributed by atoms with Crippen LogP contribution in [0.1, 0.15) is 25.0 Å². The van der Waals surface area contributed by atoms with Gasteiger partial charge in [-0.1, -0.05) is 30.3 Å². The summed E-state index contributed by atoms with van der Waals surface area (Å²) in [5.41, 5.74) is 3.72. The largest absolute Gasteiger partial charge is 0.465 e. The molecule has 27 heavy (non-hydrogen) atoms. The van der Waals surface area contributed by atoms with Gasteiger partial charge in [0.1, 0.15) is 4.75 Å². The Balaban J connectivity index is 1.87. The van der Waals surface area contributed by atoms with Crippen molar-refractivity contribution in [1.82, 2.24) is 4.98 Å². The van der Waals surface area contributed by atoms with E-state index in [1.807, 2.05) is 62.6 Å². The van der Waals surface area contributed by atoms with E-state index in [4.69, 9.17) is 4.74 Å². The number of thioether (sulfide) groups is 1. The van der Waals surface area contributed by atoms with E-state index in [1.165, 1.54) is 0 Å². The minimum absolute atomic E-state index is 0.193. The Bertz CT molecular complexity index is 1100. The van der Waals surface area contributed by atoms with Gasteiger partial charge in [0.05, 0.1) is 18.2 Å². The zero-order chi connectivity index (χ0) is 19.0. The Labute approximate surface area is 162 Å². The number of fused-ring (bicyclic) bond motifs is 2. The molecule has 134 valence electrons. The zero-order valence-electron chi connectivity index (χ0n) is 15.2. The Morgan fingerprint density at radius 3 is 2.74 bits per heavy atom. The number of pyridine rings is 1. The van der Waals surface area contributed by atoms with Gasteiger partial charge in [0, 0.05) is 34.7 Å². The van der Waals surface area contributed by atoms with Crippen molar-refractivity contribution in [2.45, 2.75) is 29.9 Å². The van der Waals surface area contributed by atoms with Crippen LogP contribution >= 0.6 is 11.8 Å². The van der Waals surface area contributed by atoms with Crippen LogP contribution in [-0.4, -0.2) is 22.3 Å². The van der Waals surface area contributed by atoms with Gasteiger partial charge in [0.25, 0.3) is 0 Å². The molecular weight excluding hydrogens is 356 g/mol. The Kier molecular flexibility index (Phi) is 4.37. The SMILES string of the molecule is CCOC(=O)C1(C)Cc2cncc(-c3ccc(C#N)c4ccccc34)c2S1. The van der Waals surface area contributed by atoms with E-state index < -0.39 is 4.75 Å². The molecule has 4 nitrogen and oxygen atoms in total. The smallest absolute Gasteiger partial charge is 0.322 e. The number of esters is 1. The summed E-state index contributed by atoms with van der Waals surface area (Å²) in [4.78, 5) is 18.0. The van der Waals surface area contributed by atoms with Gasteiger partial charge in [-0.25, -0.2) is 0 Å². The molecular formula is C22H18N2O2S. The minimum Gasteiger partial charge on any atom is -0.465 e. The molecule has 0 saturated heterocycles. The summed E-state index contributed by atoms with van der Waals surface area (Å²) in [5.74, 6) is -0.193. The molecule has 1 atom stereocenters. The second-order valence-corrected chi connectivity index (χ2v) is 8.24. The summed E-state index contributed by atoms with van der Waals surface area (Å²) in [6, 6.07) is 14.0. The van der Waals surface area contributed by atoms with Crippen LogP contribution in [0, 0.1) is 11.3 Å². The molecule has 0 amide bonds. The van der Waals surface area contributed by atoms with Crippen molar-refractivity contribution in [3.8, 4) is 17.2 Å². The van der Waals surface area contributed by atoms with Crippen molar-refractivity contribution in [3.63, 3.8) is 0 Å². The molecule has 0 N–H and O–H groups in total. The fraction of sp³-hybridized carbons (Fsp3) is 0.227. The van der Waals surface area contributed by atoms with Crippen LogP contribution in [0.2, 0.25) is 0 Å². The average Bonchev–Trinajstić information content (AvgIpc) is 3.05. The standard InChI is InChI=1S/C22H18N2O2S/c1-3-26-21(25)22(2)10-15-12-24-13-19(20(15)27-22)18-9-8-14(11-23)16-6-4-5-7-17(16)18/h4-9,12-13H,3,10H2,1-2H3. The highest BCUT2D eigenvalue weighted by molar-refractivity contribution is 8.01. The van der Waals surface area contributed by atoms with E-state index in [2.05, 4.69) is 11.1 Å². The first-order valence-corrected chi connectivity index (χ1v) is 9.64. The Morgan fingerprint density at radius 1 is 1.22 bits per heavy atom. The predicted molar refractivity (Wildman–Crippen MR) is 106 cm³/mol. The summed E-state index contributed by atoms with van der Waals surface area (Å²) in [6.07, 6.45) is 4.28. The van der Waals surface area contributed by atoms with Crippen LogP contribution in [0.15, 0.2) is 53.7 Å². The average molecular weight is 374 g/mol. The summed E-state index contributed by atoms with van der Waals surface area (Å²) < 4.78 is 4.65. The lowest BCUT2D eigenvalue weighted by Crippen LogP contribution is -2.33. The van der Waals surface area contributed by atoms with Gasteiger partial charge in [-0.15, -0.1) is 11.8 Å². The van der Waals surface area contributed by atoms with E-state index in [0.717, 1.165) is 32.4 Å². The number of hydrogen-bond acceptors (Lipinski definition) is 5. The first kappa shape index (κ1) is 17.6. The van der Waals surface area contributed by atoms with Crippen LogP contribution in [0.25, 0.3) is 21.9 Å². The monoisotopic (exact) mass is 374 g/mol. The van der Waals surface area contributed by atoms with E-state index >= 15 is 0 Å². The fourth-order valence-corrected chi connectivity index (χ4v) is 4.93. The molecule has 3 aromatic rings. The minimum atomic E-state index is -0.640. The molecule has 1 aliphatic heterocycles. The number of nitriles is 1. The quantitative estimate of drug-likeness (QED) is 0.620. The molecule has 2 aromatic carbocycles. The molecule has 5 heteroatoms. The maximum atomic E-state index is 12.5. The van der Waals surface area contributed by atoms with Crippen LogP contribution in [0.4, 0.5) is 0 Å². The highest BCUT2D eigenvalue weighted by atomic mass is 32.2. The first-order valence-electron chi connectivity index (χ1n) is 8.82. The number of aromatic nitrogens is 1.